The monoisotopic (exact) mass is 191 g/mol. The van der Waals surface area contributed by atoms with Gasteiger partial charge in [-0.05, 0) is 19.8 Å². The van der Waals surface area contributed by atoms with Crippen molar-refractivity contribution in [2.45, 2.75) is 19.8 Å². The number of nitro groups is 1. The molecule has 0 saturated heterocycles. The lowest BCUT2D eigenvalue weighted by Gasteiger charge is -1.99. The Balaban J connectivity index is 2.79. The minimum atomic E-state index is -0.328. The molecule has 0 aromatic heterocycles. The zero-order valence-corrected chi connectivity index (χ0v) is 8.14. The number of allylic oxidation sites excluding steroid dienone is 2. The predicted octanol–water partition coefficient (Wildman–Crippen LogP) is 3.10. The summed E-state index contributed by atoms with van der Waals surface area (Å²) in [7, 11) is 0. The second-order valence-corrected chi connectivity index (χ2v) is 2.99. The summed E-state index contributed by atoms with van der Waals surface area (Å²) in [5.41, 5.74) is 1.02. The minimum Gasteiger partial charge on any atom is -0.258 e. The molecule has 14 heavy (non-hydrogen) atoms. The second kappa shape index (κ2) is 5.17. The third-order valence-corrected chi connectivity index (χ3v) is 2.00. The fourth-order valence-corrected chi connectivity index (χ4v) is 1.31. The largest absolute Gasteiger partial charge is 0.272 e. The van der Waals surface area contributed by atoms with Crippen molar-refractivity contribution in [2.75, 3.05) is 0 Å². The van der Waals surface area contributed by atoms with E-state index in [1.54, 1.807) is 12.1 Å². The van der Waals surface area contributed by atoms with Crippen molar-refractivity contribution in [3.63, 3.8) is 0 Å². The van der Waals surface area contributed by atoms with E-state index < -0.39 is 0 Å². The van der Waals surface area contributed by atoms with Crippen LogP contribution < -0.4 is 0 Å². The van der Waals surface area contributed by atoms with E-state index >= 15 is 0 Å². The van der Waals surface area contributed by atoms with E-state index in [0.29, 0.717) is 0 Å². The number of nitro benzene ring substituents is 1. The zero-order valence-electron chi connectivity index (χ0n) is 8.14. The minimum absolute atomic E-state index is 0.219. The highest BCUT2D eigenvalue weighted by Gasteiger charge is 2.10. The molecule has 1 rings (SSSR count). The highest BCUT2D eigenvalue weighted by molar-refractivity contribution is 5.39. The molecule has 0 aliphatic heterocycles. The lowest BCUT2D eigenvalue weighted by molar-refractivity contribution is -0.385. The van der Waals surface area contributed by atoms with Crippen molar-refractivity contribution in [3.8, 4) is 0 Å². The van der Waals surface area contributed by atoms with Crippen LogP contribution in [0, 0.1) is 10.1 Å². The van der Waals surface area contributed by atoms with Crippen LogP contribution in [0.4, 0.5) is 5.69 Å². The summed E-state index contributed by atoms with van der Waals surface area (Å²) in [5, 5.41) is 10.6. The third kappa shape index (κ3) is 2.69. The fourth-order valence-electron chi connectivity index (χ4n) is 1.31. The summed E-state index contributed by atoms with van der Waals surface area (Å²) < 4.78 is 0. The Bertz CT molecular complexity index is 345. The molecule has 0 aliphatic carbocycles. The van der Waals surface area contributed by atoms with Gasteiger partial charge in [0.1, 0.15) is 0 Å². The molecule has 3 heteroatoms. The normalized spacial score (nSPS) is 10.6. The van der Waals surface area contributed by atoms with Gasteiger partial charge in [0.15, 0.2) is 0 Å². The highest BCUT2D eigenvalue weighted by Crippen LogP contribution is 2.18. The first-order valence-electron chi connectivity index (χ1n) is 4.59. The number of rotatable bonds is 4. The lowest BCUT2D eigenvalue weighted by Crippen LogP contribution is -1.94. The summed E-state index contributed by atoms with van der Waals surface area (Å²) in [6.07, 6.45) is 5.54. The van der Waals surface area contributed by atoms with E-state index in [1.807, 2.05) is 31.2 Å². The molecule has 74 valence electrons. The molecule has 3 nitrogen and oxygen atoms in total. The van der Waals surface area contributed by atoms with Crippen molar-refractivity contribution < 1.29 is 4.92 Å². The molecule has 0 amide bonds. The average Bonchev–Trinajstić information content (AvgIpc) is 2.19. The van der Waals surface area contributed by atoms with Crippen molar-refractivity contribution in [2.24, 2.45) is 0 Å². The smallest absolute Gasteiger partial charge is 0.258 e. The van der Waals surface area contributed by atoms with Crippen LogP contribution in [0.15, 0.2) is 36.4 Å². The van der Waals surface area contributed by atoms with Crippen LogP contribution in [-0.2, 0) is 6.42 Å². The van der Waals surface area contributed by atoms with Crippen molar-refractivity contribution in [3.05, 3.63) is 52.1 Å². The van der Waals surface area contributed by atoms with Crippen LogP contribution >= 0.6 is 0 Å². The molecule has 1 aromatic carbocycles. The van der Waals surface area contributed by atoms with Crippen LogP contribution in [0.5, 0.6) is 0 Å². The molecular weight excluding hydrogens is 178 g/mol. The van der Waals surface area contributed by atoms with Gasteiger partial charge in [0, 0.05) is 11.6 Å². The van der Waals surface area contributed by atoms with Crippen molar-refractivity contribution >= 4 is 5.69 Å². The maximum Gasteiger partial charge on any atom is 0.272 e. The van der Waals surface area contributed by atoms with Gasteiger partial charge in [-0.15, -0.1) is 0 Å². The van der Waals surface area contributed by atoms with E-state index in [1.165, 1.54) is 0 Å². The molecule has 0 N–H and O–H groups in total. The third-order valence-electron chi connectivity index (χ3n) is 2.00. The number of aryl methyl sites for hydroxylation is 1. The summed E-state index contributed by atoms with van der Waals surface area (Å²) in [6, 6.07) is 6.88. The predicted molar refractivity (Wildman–Crippen MR) is 56.2 cm³/mol. The van der Waals surface area contributed by atoms with Gasteiger partial charge in [-0.3, -0.25) is 10.1 Å². The van der Waals surface area contributed by atoms with E-state index in [4.69, 9.17) is 0 Å². The number of para-hydroxylation sites is 1. The molecule has 0 heterocycles. The number of hydrogen-bond donors (Lipinski definition) is 0. The van der Waals surface area contributed by atoms with Gasteiger partial charge in [-0.25, -0.2) is 0 Å². The Hall–Kier alpha value is -1.64. The molecule has 0 unspecified atom stereocenters. The lowest BCUT2D eigenvalue weighted by atomic mass is 10.1. The van der Waals surface area contributed by atoms with E-state index in [0.717, 1.165) is 18.4 Å². The Labute approximate surface area is 83.2 Å². The van der Waals surface area contributed by atoms with Crippen LogP contribution in [-0.4, -0.2) is 4.92 Å². The fraction of sp³-hybridized carbons (Fsp3) is 0.273. The first-order valence-corrected chi connectivity index (χ1v) is 4.59. The quantitative estimate of drug-likeness (QED) is 0.417. The Morgan fingerprint density at radius 2 is 2.14 bits per heavy atom. The van der Waals surface area contributed by atoms with Crippen molar-refractivity contribution in [1.29, 1.82) is 0 Å². The maximum atomic E-state index is 10.6. The summed E-state index contributed by atoms with van der Waals surface area (Å²) in [4.78, 5) is 10.3. The topological polar surface area (TPSA) is 43.1 Å². The Morgan fingerprint density at radius 1 is 1.43 bits per heavy atom. The maximum absolute atomic E-state index is 10.6. The summed E-state index contributed by atoms with van der Waals surface area (Å²) in [6.45, 7) is 1.94. The van der Waals surface area contributed by atoms with Gasteiger partial charge in [0.25, 0.3) is 5.69 Å². The molecule has 0 spiro atoms. The number of nitrogens with zero attached hydrogens (tertiary/aromatic N) is 1. The van der Waals surface area contributed by atoms with Crippen LogP contribution in [0.1, 0.15) is 18.9 Å². The van der Waals surface area contributed by atoms with Crippen LogP contribution in [0.25, 0.3) is 0 Å². The molecule has 0 atom stereocenters. The second-order valence-electron chi connectivity index (χ2n) is 2.99. The highest BCUT2D eigenvalue weighted by atomic mass is 16.6. The Kier molecular flexibility index (Phi) is 3.85. The van der Waals surface area contributed by atoms with Gasteiger partial charge in [-0.1, -0.05) is 30.4 Å². The average molecular weight is 191 g/mol. The molecule has 0 aliphatic rings. The van der Waals surface area contributed by atoms with E-state index in [-0.39, 0.29) is 10.6 Å². The molecular formula is C11H13NO2. The first-order chi connectivity index (χ1) is 6.75. The van der Waals surface area contributed by atoms with Gasteiger partial charge in [0.05, 0.1) is 4.92 Å². The number of hydrogen-bond acceptors (Lipinski definition) is 2. The van der Waals surface area contributed by atoms with Gasteiger partial charge < -0.3 is 0 Å². The molecule has 1 aromatic rings. The number of benzene rings is 1. The van der Waals surface area contributed by atoms with E-state index in [2.05, 4.69) is 0 Å². The van der Waals surface area contributed by atoms with Gasteiger partial charge in [0.2, 0.25) is 0 Å². The molecule has 0 fully saturated rings. The van der Waals surface area contributed by atoms with E-state index in [9.17, 15) is 10.1 Å². The van der Waals surface area contributed by atoms with Gasteiger partial charge in [-0.2, -0.15) is 0 Å². The SMILES string of the molecule is C/C=C/CCc1ccccc1[N+](=O)[O-]. The molecule has 0 radical (unpaired) electrons. The standard InChI is InChI=1S/C11H13NO2/c1-2-3-4-7-10-8-5-6-9-11(10)12(13)14/h2-3,5-6,8-9H,4,7H2,1H3/b3-2+. The summed E-state index contributed by atoms with van der Waals surface area (Å²) >= 11 is 0. The zero-order chi connectivity index (χ0) is 10.4. The van der Waals surface area contributed by atoms with Crippen LogP contribution in [0.2, 0.25) is 0 Å². The van der Waals surface area contributed by atoms with Crippen LogP contribution in [0.3, 0.4) is 0 Å². The summed E-state index contributed by atoms with van der Waals surface area (Å²) in [5.74, 6) is 0. The molecule has 0 bridgehead atoms. The van der Waals surface area contributed by atoms with Gasteiger partial charge >= 0.3 is 0 Å². The van der Waals surface area contributed by atoms with Crippen molar-refractivity contribution in [1.82, 2.24) is 0 Å². The molecule has 0 saturated carbocycles. The Morgan fingerprint density at radius 3 is 2.79 bits per heavy atom. The first kappa shape index (κ1) is 10.4.